The van der Waals surface area contributed by atoms with Crippen molar-refractivity contribution in [3.63, 3.8) is 0 Å². The van der Waals surface area contributed by atoms with E-state index in [9.17, 15) is 9.59 Å². The van der Waals surface area contributed by atoms with Gasteiger partial charge in [-0.3, -0.25) is 9.59 Å². The van der Waals surface area contributed by atoms with Gasteiger partial charge in [-0.2, -0.15) is 4.68 Å². The fourth-order valence-corrected chi connectivity index (χ4v) is 3.69. The Hall–Kier alpha value is -3.20. The van der Waals surface area contributed by atoms with Crippen molar-refractivity contribution in [3.05, 3.63) is 53.6 Å². The fourth-order valence-electron chi connectivity index (χ4n) is 2.90. The van der Waals surface area contributed by atoms with Gasteiger partial charge in [-0.05, 0) is 52.2 Å². The highest BCUT2D eigenvalue weighted by molar-refractivity contribution is 7.99. The van der Waals surface area contributed by atoms with Gasteiger partial charge < -0.3 is 10.1 Å². The van der Waals surface area contributed by atoms with Crippen molar-refractivity contribution in [2.75, 3.05) is 17.7 Å². The van der Waals surface area contributed by atoms with Gasteiger partial charge in [0.1, 0.15) is 5.75 Å². The number of hydrogen-bond acceptors (Lipinski definition) is 7. The summed E-state index contributed by atoms with van der Waals surface area (Å²) in [6.07, 6.45) is 0. The molecule has 9 heteroatoms. The second-order valence-electron chi connectivity index (χ2n) is 6.88. The number of nitrogens with zero attached hydrogens (tertiary/aromatic N) is 4. The van der Waals surface area contributed by atoms with Crippen LogP contribution < -0.4 is 10.1 Å². The third-order valence-electron chi connectivity index (χ3n) is 4.51. The quantitative estimate of drug-likeness (QED) is 0.493. The number of nitrogens with one attached hydrogen (secondary N) is 1. The van der Waals surface area contributed by atoms with Crippen LogP contribution in [0.15, 0.2) is 47.6 Å². The predicted octanol–water partition coefficient (Wildman–Crippen LogP) is 3.09. The first-order chi connectivity index (χ1) is 14.0. The molecule has 1 aromatic heterocycles. The van der Waals surface area contributed by atoms with Gasteiger partial charge in [0.15, 0.2) is 12.4 Å². The monoisotopic (exact) mass is 409 g/mol. The van der Waals surface area contributed by atoms with Gasteiger partial charge in [0.25, 0.3) is 5.91 Å². The van der Waals surface area contributed by atoms with Crippen molar-refractivity contribution in [2.24, 2.45) is 0 Å². The van der Waals surface area contributed by atoms with E-state index < -0.39 is 0 Å². The summed E-state index contributed by atoms with van der Waals surface area (Å²) in [7, 11) is 0. The van der Waals surface area contributed by atoms with Crippen molar-refractivity contribution >= 4 is 29.1 Å². The molecule has 29 heavy (non-hydrogen) atoms. The van der Waals surface area contributed by atoms with Crippen molar-refractivity contribution in [3.8, 4) is 11.4 Å². The van der Waals surface area contributed by atoms with Gasteiger partial charge in [0.05, 0.1) is 17.1 Å². The number of ketones is 1. The zero-order valence-electron chi connectivity index (χ0n) is 16.0. The number of fused-ring (bicyclic) bond motifs is 1. The summed E-state index contributed by atoms with van der Waals surface area (Å²) in [5.74, 6) is 0.832. The Morgan fingerprint density at radius 2 is 2.03 bits per heavy atom. The molecule has 0 unspecified atom stereocenters. The number of amides is 1. The lowest BCUT2D eigenvalue weighted by atomic mass is 10.0. The Labute approximate surface area is 171 Å². The number of ether oxygens (including phenoxy) is 1. The molecule has 2 heterocycles. The maximum Gasteiger partial charge on any atom is 0.262 e. The molecule has 1 aliphatic heterocycles. The molecule has 1 amide bonds. The standard InChI is InChI=1S/C20H19N5O3S/c1-12(2)13-3-6-15(7-4-13)25-20(22-23-24-25)29-11-17(26)14-5-8-18-16(9-14)21-19(27)10-28-18/h3-9,12H,10-11H2,1-2H3,(H,21,27). The van der Waals surface area contributed by atoms with Crippen molar-refractivity contribution in [2.45, 2.75) is 24.9 Å². The minimum Gasteiger partial charge on any atom is -0.482 e. The van der Waals surface area contributed by atoms with Crippen LogP contribution in [0, 0.1) is 0 Å². The summed E-state index contributed by atoms with van der Waals surface area (Å²) in [6, 6.07) is 13.0. The molecule has 0 bridgehead atoms. The van der Waals surface area contributed by atoms with Gasteiger partial charge in [0, 0.05) is 5.56 Å². The zero-order valence-corrected chi connectivity index (χ0v) is 16.8. The maximum absolute atomic E-state index is 12.6. The number of carbonyl (C=O) groups is 2. The molecule has 0 saturated heterocycles. The van der Waals surface area contributed by atoms with E-state index in [1.165, 1.54) is 17.3 Å². The Kier molecular flexibility index (Phi) is 5.30. The summed E-state index contributed by atoms with van der Waals surface area (Å²) in [5.41, 5.74) is 3.06. The number of thioether (sulfide) groups is 1. The normalized spacial score (nSPS) is 13.0. The van der Waals surface area contributed by atoms with Crippen LogP contribution >= 0.6 is 11.8 Å². The van der Waals surface area contributed by atoms with E-state index >= 15 is 0 Å². The topological polar surface area (TPSA) is 99.0 Å². The van der Waals surface area contributed by atoms with E-state index in [4.69, 9.17) is 4.74 Å². The molecule has 0 fully saturated rings. The predicted molar refractivity (Wildman–Crippen MR) is 109 cm³/mol. The van der Waals surface area contributed by atoms with E-state index in [1.807, 2.05) is 24.3 Å². The van der Waals surface area contributed by atoms with Crippen LogP contribution in [-0.4, -0.2) is 44.3 Å². The number of tetrazole rings is 1. The number of Topliss-reactive ketones (excluding diaryl/α,β-unsaturated/α-hetero) is 1. The highest BCUT2D eigenvalue weighted by Crippen LogP contribution is 2.29. The van der Waals surface area contributed by atoms with Crippen LogP contribution in [0.1, 0.15) is 35.7 Å². The molecule has 0 radical (unpaired) electrons. The second-order valence-corrected chi connectivity index (χ2v) is 7.82. The molecule has 0 spiro atoms. The van der Waals surface area contributed by atoms with Crippen molar-refractivity contribution in [1.29, 1.82) is 0 Å². The van der Waals surface area contributed by atoms with Crippen LogP contribution in [0.25, 0.3) is 5.69 Å². The third kappa shape index (κ3) is 4.14. The minimum absolute atomic E-state index is 0.0169. The van der Waals surface area contributed by atoms with Crippen molar-refractivity contribution < 1.29 is 14.3 Å². The summed E-state index contributed by atoms with van der Waals surface area (Å²) in [4.78, 5) is 24.1. The number of benzene rings is 2. The van der Waals surface area contributed by atoms with E-state index in [0.717, 1.165) is 5.69 Å². The van der Waals surface area contributed by atoms with E-state index in [-0.39, 0.29) is 24.1 Å². The van der Waals surface area contributed by atoms with Crippen LogP contribution in [0.3, 0.4) is 0 Å². The van der Waals surface area contributed by atoms with Gasteiger partial charge in [0.2, 0.25) is 5.16 Å². The maximum atomic E-state index is 12.6. The van der Waals surface area contributed by atoms with E-state index in [0.29, 0.717) is 28.1 Å². The lowest BCUT2D eigenvalue weighted by molar-refractivity contribution is -0.118. The summed E-state index contributed by atoms with van der Waals surface area (Å²) >= 11 is 1.26. The van der Waals surface area contributed by atoms with Crippen LogP contribution in [0.2, 0.25) is 0 Å². The molecule has 1 aliphatic rings. The molecule has 148 valence electrons. The first-order valence-corrected chi connectivity index (χ1v) is 10.1. The molecule has 3 aromatic rings. The molecule has 0 atom stereocenters. The first-order valence-electron chi connectivity index (χ1n) is 9.12. The summed E-state index contributed by atoms with van der Waals surface area (Å²) < 4.78 is 6.93. The lowest BCUT2D eigenvalue weighted by Gasteiger charge is -2.18. The lowest BCUT2D eigenvalue weighted by Crippen LogP contribution is -2.25. The van der Waals surface area contributed by atoms with Gasteiger partial charge in [-0.15, -0.1) is 5.10 Å². The summed E-state index contributed by atoms with van der Waals surface area (Å²) in [6.45, 7) is 4.26. The number of hydrogen-bond donors (Lipinski definition) is 1. The second kappa shape index (κ2) is 8.04. The zero-order chi connectivity index (χ0) is 20.4. The van der Waals surface area contributed by atoms with Crippen LogP contribution in [-0.2, 0) is 4.79 Å². The molecule has 0 saturated carbocycles. The van der Waals surface area contributed by atoms with E-state index in [2.05, 4.69) is 34.7 Å². The molecule has 4 rings (SSSR count). The number of aromatic nitrogens is 4. The molecule has 0 aliphatic carbocycles. The SMILES string of the molecule is CC(C)c1ccc(-n2nnnc2SCC(=O)c2ccc3c(c2)NC(=O)CO3)cc1. The average Bonchev–Trinajstić information content (AvgIpc) is 3.20. The highest BCUT2D eigenvalue weighted by Gasteiger charge is 2.19. The number of rotatable bonds is 6. The molecular formula is C20H19N5O3S. The molecule has 2 aromatic carbocycles. The average molecular weight is 409 g/mol. The Morgan fingerprint density at radius 1 is 1.24 bits per heavy atom. The minimum atomic E-state index is -0.237. The van der Waals surface area contributed by atoms with Crippen LogP contribution in [0.5, 0.6) is 5.75 Å². The van der Waals surface area contributed by atoms with Gasteiger partial charge in [-0.25, -0.2) is 0 Å². The fraction of sp³-hybridized carbons (Fsp3) is 0.250. The smallest absolute Gasteiger partial charge is 0.262 e. The van der Waals surface area contributed by atoms with E-state index in [1.54, 1.807) is 22.9 Å². The molecular weight excluding hydrogens is 390 g/mol. The first kappa shape index (κ1) is 19.1. The van der Waals surface area contributed by atoms with Crippen LogP contribution in [0.4, 0.5) is 5.69 Å². The van der Waals surface area contributed by atoms with Gasteiger partial charge >= 0.3 is 0 Å². The highest BCUT2D eigenvalue weighted by atomic mass is 32.2. The number of anilines is 1. The molecule has 1 N–H and O–H groups in total. The largest absolute Gasteiger partial charge is 0.482 e. The Morgan fingerprint density at radius 3 is 2.79 bits per heavy atom. The van der Waals surface area contributed by atoms with Gasteiger partial charge in [-0.1, -0.05) is 37.7 Å². The third-order valence-corrected chi connectivity index (χ3v) is 5.43. The van der Waals surface area contributed by atoms with Crippen molar-refractivity contribution in [1.82, 2.24) is 20.2 Å². The summed E-state index contributed by atoms with van der Waals surface area (Å²) in [5, 5.41) is 15.0. The Bertz CT molecular complexity index is 1060. The molecule has 8 nitrogen and oxygen atoms in total. The Balaban J connectivity index is 1.46. The number of carbonyl (C=O) groups excluding carboxylic acids is 2.